The number of piperidine rings is 1. The molecule has 17 heavy (non-hydrogen) atoms. The highest BCUT2D eigenvalue weighted by Gasteiger charge is 2.35. The second-order valence-corrected chi connectivity index (χ2v) is 6.22. The summed E-state index contributed by atoms with van der Waals surface area (Å²) >= 11 is 0. The van der Waals surface area contributed by atoms with Gasteiger partial charge in [0.15, 0.2) is 0 Å². The number of nitrogens with zero attached hydrogens (tertiary/aromatic N) is 1. The van der Waals surface area contributed by atoms with Crippen molar-refractivity contribution < 1.29 is 4.74 Å². The molecule has 0 amide bonds. The largest absolute Gasteiger partial charge is 0.375 e. The van der Waals surface area contributed by atoms with Gasteiger partial charge in [0, 0.05) is 18.7 Å². The van der Waals surface area contributed by atoms with E-state index in [-0.39, 0.29) is 5.60 Å². The second kappa shape index (κ2) is 5.68. The van der Waals surface area contributed by atoms with Crippen LogP contribution in [0.1, 0.15) is 52.4 Å². The van der Waals surface area contributed by atoms with Gasteiger partial charge in [0.05, 0.1) is 5.60 Å². The van der Waals surface area contributed by atoms with Gasteiger partial charge in [-0.25, -0.2) is 0 Å². The van der Waals surface area contributed by atoms with E-state index < -0.39 is 0 Å². The maximum Gasteiger partial charge on any atom is 0.0641 e. The van der Waals surface area contributed by atoms with E-state index in [0.29, 0.717) is 0 Å². The molecule has 0 bridgehead atoms. The van der Waals surface area contributed by atoms with Crippen LogP contribution in [0.15, 0.2) is 0 Å². The standard InChI is InChI=1S/C14H28N2O/c1-14(2)11-13(7-10-17-14)16-9-4-3-5-12(16)6-8-15/h12-13H,3-11,15H2,1-2H3. The zero-order valence-electron chi connectivity index (χ0n) is 11.5. The van der Waals surface area contributed by atoms with Crippen molar-refractivity contribution in [3.63, 3.8) is 0 Å². The van der Waals surface area contributed by atoms with E-state index in [1.54, 1.807) is 0 Å². The molecule has 2 heterocycles. The molecule has 2 rings (SSSR count). The zero-order chi connectivity index (χ0) is 12.3. The van der Waals surface area contributed by atoms with Gasteiger partial charge in [0.2, 0.25) is 0 Å². The van der Waals surface area contributed by atoms with Crippen LogP contribution >= 0.6 is 0 Å². The SMILES string of the molecule is CC1(C)CC(N2CCCCC2CCN)CCO1. The van der Waals surface area contributed by atoms with E-state index in [1.165, 1.54) is 38.6 Å². The average Bonchev–Trinajstić information content (AvgIpc) is 2.29. The summed E-state index contributed by atoms with van der Waals surface area (Å²) in [4.78, 5) is 2.74. The molecule has 0 aromatic carbocycles. The van der Waals surface area contributed by atoms with Crippen LogP contribution in [0.3, 0.4) is 0 Å². The van der Waals surface area contributed by atoms with Crippen molar-refractivity contribution >= 4 is 0 Å². The summed E-state index contributed by atoms with van der Waals surface area (Å²) in [6, 6.07) is 1.45. The Bertz CT molecular complexity index is 240. The van der Waals surface area contributed by atoms with E-state index in [9.17, 15) is 0 Å². The number of rotatable bonds is 3. The van der Waals surface area contributed by atoms with Crippen LogP contribution in [0.5, 0.6) is 0 Å². The summed E-state index contributed by atoms with van der Waals surface area (Å²) in [6.07, 6.45) is 7.62. The third-order valence-corrected chi connectivity index (χ3v) is 4.31. The minimum absolute atomic E-state index is 0.0631. The Morgan fingerprint density at radius 1 is 1.29 bits per heavy atom. The molecule has 3 heteroatoms. The molecule has 0 radical (unpaired) electrons. The van der Waals surface area contributed by atoms with Gasteiger partial charge in [0.25, 0.3) is 0 Å². The molecule has 2 atom stereocenters. The fourth-order valence-corrected chi connectivity index (χ4v) is 3.49. The second-order valence-electron chi connectivity index (χ2n) is 6.22. The predicted octanol–water partition coefficient (Wildman–Crippen LogP) is 2.15. The van der Waals surface area contributed by atoms with E-state index >= 15 is 0 Å². The lowest BCUT2D eigenvalue weighted by atomic mass is 9.89. The molecular weight excluding hydrogens is 212 g/mol. The Morgan fingerprint density at radius 3 is 2.82 bits per heavy atom. The Hall–Kier alpha value is -0.120. The first-order valence-corrected chi connectivity index (χ1v) is 7.22. The average molecular weight is 240 g/mol. The summed E-state index contributed by atoms with van der Waals surface area (Å²) < 4.78 is 5.83. The lowest BCUT2D eigenvalue weighted by Crippen LogP contribution is -2.52. The monoisotopic (exact) mass is 240 g/mol. The molecule has 0 aromatic rings. The number of ether oxygens (including phenoxy) is 1. The van der Waals surface area contributed by atoms with Crippen molar-refractivity contribution in [1.29, 1.82) is 0 Å². The number of likely N-dealkylation sites (tertiary alicyclic amines) is 1. The van der Waals surface area contributed by atoms with Crippen molar-refractivity contribution in [3.05, 3.63) is 0 Å². The Kier molecular flexibility index (Phi) is 4.45. The zero-order valence-corrected chi connectivity index (χ0v) is 11.5. The molecule has 0 saturated carbocycles. The van der Waals surface area contributed by atoms with Crippen LogP contribution in [0, 0.1) is 0 Å². The maximum atomic E-state index is 5.83. The Balaban J connectivity index is 1.98. The number of nitrogens with two attached hydrogens (primary N) is 1. The fraction of sp³-hybridized carbons (Fsp3) is 1.00. The molecule has 2 aliphatic rings. The first kappa shape index (κ1) is 13.3. The van der Waals surface area contributed by atoms with Gasteiger partial charge in [-0.15, -0.1) is 0 Å². The molecular formula is C14H28N2O. The Labute approximate surface area is 106 Å². The predicted molar refractivity (Wildman–Crippen MR) is 71.1 cm³/mol. The molecule has 2 fully saturated rings. The van der Waals surface area contributed by atoms with Crippen molar-refractivity contribution in [3.8, 4) is 0 Å². The van der Waals surface area contributed by atoms with Gasteiger partial charge in [-0.1, -0.05) is 6.42 Å². The maximum absolute atomic E-state index is 5.83. The summed E-state index contributed by atoms with van der Waals surface area (Å²) in [5.41, 5.74) is 5.82. The smallest absolute Gasteiger partial charge is 0.0641 e. The topological polar surface area (TPSA) is 38.5 Å². The molecule has 100 valence electrons. The van der Waals surface area contributed by atoms with Gasteiger partial charge in [-0.3, -0.25) is 4.90 Å². The molecule has 2 aliphatic heterocycles. The molecule has 0 spiro atoms. The lowest BCUT2D eigenvalue weighted by Gasteiger charge is -2.46. The van der Waals surface area contributed by atoms with Crippen LogP contribution < -0.4 is 5.73 Å². The van der Waals surface area contributed by atoms with E-state index in [4.69, 9.17) is 10.5 Å². The first-order chi connectivity index (χ1) is 8.12. The summed E-state index contributed by atoms with van der Waals surface area (Å²) in [5, 5.41) is 0. The van der Waals surface area contributed by atoms with Crippen LogP contribution in [0.4, 0.5) is 0 Å². The summed E-state index contributed by atoms with van der Waals surface area (Å²) in [6.45, 7) is 7.46. The molecule has 0 aliphatic carbocycles. The van der Waals surface area contributed by atoms with Crippen LogP contribution in [0.25, 0.3) is 0 Å². The summed E-state index contributed by atoms with van der Waals surface area (Å²) in [5.74, 6) is 0. The minimum atomic E-state index is 0.0631. The lowest BCUT2D eigenvalue weighted by molar-refractivity contribution is -0.0931. The van der Waals surface area contributed by atoms with Gasteiger partial charge in [0.1, 0.15) is 0 Å². The van der Waals surface area contributed by atoms with Gasteiger partial charge < -0.3 is 10.5 Å². The van der Waals surface area contributed by atoms with Crippen molar-refractivity contribution in [2.24, 2.45) is 5.73 Å². The van der Waals surface area contributed by atoms with Crippen LogP contribution in [-0.4, -0.2) is 42.3 Å². The molecule has 2 N–H and O–H groups in total. The van der Waals surface area contributed by atoms with E-state index in [1.807, 2.05) is 0 Å². The van der Waals surface area contributed by atoms with Crippen LogP contribution in [0.2, 0.25) is 0 Å². The highest BCUT2D eigenvalue weighted by Crippen LogP contribution is 2.31. The van der Waals surface area contributed by atoms with Gasteiger partial charge >= 0.3 is 0 Å². The normalized spacial score (nSPS) is 34.8. The summed E-state index contributed by atoms with van der Waals surface area (Å²) in [7, 11) is 0. The number of hydrogen-bond acceptors (Lipinski definition) is 3. The first-order valence-electron chi connectivity index (χ1n) is 7.22. The number of hydrogen-bond donors (Lipinski definition) is 1. The fourth-order valence-electron chi connectivity index (χ4n) is 3.49. The quantitative estimate of drug-likeness (QED) is 0.821. The van der Waals surface area contributed by atoms with E-state index in [0.717, 1.165) is 31.7 Å². The third kappa shape index (κ3) is 3.43. The molecule has 2 unspecified atom stereocenters. The highest BCUT2D eigenvalue weighted by atomic mass is 16.5. The molecule has 0 aromatic heterocycles. The molecule has 3 nitrogen and oxygen atoms in total. The van der Waals surface area contributed by atoms with E-state index in [2.05, 4.69) is 18.7 Å². The third-order valence-electron chi connectivity index (χ3n) is 4.31. The van der Waals surface area contributed by atoms with Gasteiger partial charge in [-0.2, -0.15) is 0 Å². The Morgan fingerprint density at radius 2 is 2.12 bits per heavy atom. The van der Waals surface area contributed by atoms with Gasteiger partial charge in [-0.05, 0) is 59.0 Å². The van der Waals surface area contributed by atoms with Crippen molar-refractivity contribution in [2.45, 2.75) is 70.1 Å². The van der Waals surface area contributed by atoms with Crippen LogP contribution in [-0.2, 0) is 4.74 Å². The van der Waals surface area contributed by atoms with Crippen molar-refractivity contribution in [2.75, 3.05) is 19.7 Å². The highest BCUT2D eigenvalue weighted by molar-refractivity contribution is 4.89. The molecule has 2 saturated heterocycles. The minimum Gasteiger partial charge on any atom is -0.375 e. The van der Waals surface area contributed by atoms with Crippen molar-refractivity contribution in [1.82, 2.24) is 4.90 Å².